The minimum atomic E-state index is -3.49. The molecule has 7 heteroatoms. The molecule has 0 bridgehead atoms. The maximum Gasteiger partial charge on any atom is 0.252 e. The molecule has 0 unspecified atom stereocenters. The molecule has 1 aromatic heterocycles. The fourth-order valence-corrected chi connectivity index (χ4v) is 6.47. The van der Waals surface area contributed by atoms with Crippen LogP contribution in [0.3, 0.4) is 0 Å². The van der Waals surface area contributed by atoms with Crippen LogP contribution in [0.5, 0.6) is 0 Å². The van der Waals surface area contributed by atoms with Gasteiger partial charge in [-0.2, -0.15) is 4.31 Å². The minimum absolute atomic E-state index is 0.291. The standard InChI is InChI=1S/C14H13BrClNO2S2/c15-14-12(16)8-13(20-14)21(18,19)17-7-3-6-10-4-1-2-5-11(10)9-17/h1-2,4-5,8H,3,6-7,9H2. The molecule has 0 N–H and O–H groups in total. The highest BCUT2D eigenvalue weighted by Crippen LogP contribution is 2.36. The van der Waals surface area contributed by atoms with Crippen molar-refractivity contribution in [2.24, 2.45) is 0 Å². The Bertz CT molecular complexity index is 754. The van der Waals surface area contributed by atoms with Crippen LogP contribution in [0.4, 0.5) is 0 Å². The van der Waals surface area contributed by atoms with Crippen molar-refractivity contribution in [2.45, 2.75) is 23.6 Å². The lowest BCUT2D eigenvalue weighted by molar-refractivity contribution is 0.411. The summed E-state index contributed by atoms with van der Waals surface area (Å²) in [5.41, 5.74) is 2.32. The number of fused-ring (bicyclic) bond motifs is 1. The van der Waals surface area contributed by atoms with E-state index in [0.717, 1.165) is 29.7 Å². The first-order chi connectivity index (χ1) is 9.98. The third-order valence-corrected chi connectivity index (χ3v) is 8.30. The van der Waals surface area contributed by atoms with Gasteiger partial charge in [0.2, 0.25) is 0 Å². The van der Waals surface area contributed by atoms with Gasteiger partial charge in [-0.15, -0.1) is 11.3 Å². The van der Waals surface area contributed by atoms with Gasteiger partial charge in [0.25, 0.3) is 10.0 Å². The third-order valence-electron chi connectivity index (χ3n) is 3.54. The van der Waals surface area contributed by atoms with Crippen molar-refractivity contribution in [1.82, 2.24) is 4.31 Å². The predicted octanol–water partition coefficient (Wildman–Crippen LogP) is 4.30. The molecule has 0 atom stereocenters. The number of rotatable bonds is 2. The zero-order valence-electron chi connectivity index (χ0n) is 11.1. The molecule has 3 nitrogen and oxygen atoms in total. The number of aryl methyl sites for hydroxylation is 1. The van der Waals surface area contributed by atoms with Crippen molar-refractivity contribution in [2.75, 3.05) is 6.54 Å². The van der Waals surface area contributed by atoms with E-state index < -0.39 is 10.0 Å². The number of hydrogen-bond acceptors (Lipinski definition) is 3. The van der Waals surface area contributed by atoms with Gasteiger partial charge in [-0.3, -0.25) is 0 Å². The fraction of sp³-hybridized carbons (Fsp3) is 0.286. The molecule has 112 valence electrons. The van der Waals surface area contributed by atoms with Crippen LogP contribution in [0.2, 0.25) is 5.02 Å². The number of hydrogen-bond donors (Lipinski definition) is 0. The van der Waals surface area contributed by atoms with Crippen LogP contribution >= 0.6 is 38.9 Å². The molecule has 0 radical (unpaired) electrons. The Morgan fingerprint density at radius 1 is 1.24 bits per heavy atom. The highest BCUT2D eigenvalue weighted by Gasteiger charge is 2.29. The molecule has 3 rings (SSSR count). The number of thiophene rings is 1. The second-order valence-electron chi connectivity index (χ2n) is 4.90. The van der Waals surface area contributed by atoms with Gasteiger partial charge in [0.05, 0.1) is 8.81 Å². The molecule has 1 aromatic carbocycles. The molecule has 0 saturated heterocycles. The van der Waals surface area contributed by atoms with Crippen molar-refractivity contribution in [3.8, 4) is 0 Å². The maximum atomic E-state index is 12.8. The second kappa shape index (κ2) is 6.01. The Balaban J connectivity index is 1.96. The SMILES string of the molecule is O=S(=O)(c1cc(Cl)c(Br)s1)N1CCCc2ccccc2C1. The van der Waals surface area contributed by atoms with Crippen molar-refractivity contribution in [1.29, 1.82) is 0 Å². The van der Waals surface area contributed by atoms with E-state index in [1.807, 2.05) is 18.2 Å². The molecule has 0 fully saturated rings. The first-order valence-electron chi connectivity index (χ1n) is 6.50. The third kappa shape index (κ3) is 3.05. The Labute approximate surface area is 141 Å². The van der Waals surface area contributed by atoms with Crippen LogP contribution in [-0.2, 0) is 23.0 Å². The van der Waals surface area contributed by atoms with Crippen LogP contribution in [0.25, 0.3) is 0 Å². The molecule has 0 spiro atoms. The van der Waals surface area contributed by atoms with Crippen LogP contribution in [-0.4, -0.2) is 19.3 Å². The van der Waals surface area contributed by atoms with Gasteiger partial charge in [-0.1, -0.05) is 35.9 Å². The summed E-state index contributed by atoms with van der Waals surface area (Å²) in [5, 5.41) is 0.439. The molecular formula is C14H13BrClNO2S2. The van der Waals surface area contributed by atoms with E-state index in [-0.39, 0.29) is 0 Å². The quantitative estimate of drug-likeness (QED) is 0.745. The van der Waals surface area contributed by atoms with Gasteiger partial charge < -0.3 is 0 Å². The van der Waals surface area contributed by atoms with E-state index in [2.05, 4.69) is 22.0 Å². The average molecular weight is 407 g/mol. The lowest BCUT2D eigenvalue weighted by atomic mass is 10.0. The van der Waals surface area contributed by atoms with E-state index in [4.69, 9.17) is 11.6 Å². The van der Waals surface area contributed by atoms with Gasteiger partial charge in [0.1, 0.15) is 4.21 Å². The summed E-state index contributed by atoms with van der Waals surface area (Å²) in [7, 11) is -3.49. The monoisotopic (exact) mass is 405 g/mol. The average Bonchev–Trinajstić information content (AvgIpc) is 2.69. The van der Waals surface area contributed by atoms with Gasteiger partial charge >= 0.3 is 0 Å². The van der Waals surface area contributed by atoms with Crippen molar-refractivity contribution in [3.05, 3.63) is 50.3 Å². The molecule has 0 amide bonds. The van der Waals surface area contributed by atoms with Crippen LogP contribution in [0.15, 0.2) is 38.3 Å². The summed E-state index contributed by atoms with van der Waals surface area (Å²) in [6.07, 6.45) is 1.74. The number of sulfonamides is 1. The normalized spacial score (nSPS) is 16.5. The topological polar surface area (TPSA) is 37.4 Å². The number of benzene rings is 1. The van der Waals surface area contributed by atoms with E-state index in [0.29, 0.717) is 26.1 Å². The van der Waals surface area contributed by atoms with Crippen molar-refractivity contribution >= 4 is 48.9 Å². The summed E-state index contributed by atoms with van der Waals surface area (Å²) < 4.78 is 28.0. The first kappa shape index (κ1) is 15.5. The highest BCUT2D eigenvalue weighted by molar-refractivity contribution is 9.11. The second-order valence-corrected chi connectivity index (χ2v) is 9.84. The van der Waals surface area contributed by atoms with Gasteiger partial charge in [0, 0.05) is 13.1 Å². The van der Waals surface area contributed by atoms with Crippen molar-refractivity contribution < 1.29 is 8.42 Å². The summed E-state index contributed by atoms with van der Waals surface area (Å²) in [6, 6.07) is 9.54. The maximum absolute atomic E-state index is 12.8. The first-order valence-corrected chi connectivity index (χ1v) is 9.93. The summed E-state index contributed by atoms with van der Waals surface area (Å²) in [5.74, 6) is 0. The van der Waals surface area contributed by atoms with Crippen molar-refractivity contribution in [3.63, 3.8) is 0 Å². The van der Waals surface area contributed by atoms with E-state index >= 15 is 0 Å². The number of nitrogens with zero attached hydrogens (tertiary/aromatic N) is 1. The molecule has 0 saturated carbocycles. The summed E-state index contributed by atoms with van der Waals surface area (Å²) >= 11 is 10.4. The molecule has 1 aliphatic heterocycles. The molecule has 2 aromatic rings. The Kier molecular flexibility index (Phi) is 4.43. The smallest absolute Gasteiger partial charge is 0.206 e. The highest BCUT2D eigenvalue weighted by atomic mass is 79.9. The Morgan fingerprint density at radius 3 is 2.62 bits per heavy atom. The van der Waals surface area contributed by atoms with Gasteiger partial charge in [-0.25, -0.2) is 8.42 Å². The van der Waals surface area contributed by atoms with Crippen LogP contribution in [0, 0.1) is 0 Å². The zero-order chi connectivity index (χ0) is 15.0. The molecule has 1 aliphatic rings. The summed E-state index contributed by atoms with van der Waals surface area (Å²) in [6.45, 7) is 0.954. The van der Waals surface area contributed by atoms with E-state index in [9.17, 15) is 8.42 Å². The van der Waals surface area contributed by atoms with Gasteiger partial charge in [-0.05, 0) is 46.0 Å². The van der Waals surface area contributed by atoms with Gasteiger partial charge in [0.15, 0.2) is 0 Å². The lowest BCUT2D eigenvalue weighted by Crippen LogP contribution is -2.30. The molecule has 21 heavy (non-hydrogen) atoms. The lowest BCUT2D eigenvalue weighted by Gasteiger charge is -2.19. The Morgan fingerprint density at radius 2 is 1.95 bits per heavy atom. The predicted molar refractivity (Wildman–Crippen MR) is 89.4 cm³/mol. The Hall–Kier alpha value is -0.400. The fourth-order valence-electron chi connectivity index (χ4n) is 2.46. The molecule has 2 heterocycles. The summed E-state index contributed by atoms with van der Waals surface area (Å²) in [4.78, 5) is 0. The largest absolute Gasteiger partial charge is 0.252 e. The van der Waals surface area contributed by atoms with E-state index in [1.165, 1.54) is 11.6 Å². The number of halogens is 2. The van der Waals surface area contributed by atoms with E-state index in [1.54, 1.807) is 4.31 Å². The minimum Gasteiger partial charge on any atom is -0.206 e. The molecular weight excluding hydrogens is 394 g/mol. The molecule has 0 aliphatic carbocycles. The van der Waals surface area contributed by atoms with Crippen LogP contribution in [0.1, 0.15) is 17.5 Å². The zero-order valence-corrected chi connectivity index (χ0v) is 15.0. The van der Waals surface area contributed by atoms with Crippen LogP contribution < -0.4 is 0 Å².